The van der Waals surface area contributed by atoms with Crippen molar-refractivity contribution in [1.29, 1.82) is 0 Å². The topological polar surface area (TPSA) is 33.3 Å². The maximum Gasteiger partial charge on any atom is 0.411 e. The number of thiocarbonyl (C=S) groups is 1. The summed E-state index contributed by atoms with van der Waals surface area (Å²) in [5.41, 5.74) is -1.47. The standard InChI is InChI=1S/C13H14ClF3N2OS/c1-2-20-8-3-4-10(9(14)7-8)18-11(21)19-12(5-6-12)13(15,16)17/h3-4,7H,2,5-6H2,1H3,(H2,18,19,21). The molecule has 0 amide bonds. The third kappa shape index (κ3) is 3.71. The number of hydrogen-bond donors (Lipinski definition) is 2. The van der Waals surface area contributed by atoms with Crippen molar-refractivity contribution in [2.75, 3.05) is 11.9 Å². The van der Waals surface area contributed by atoms with Gasteiger partial charge in [0, 0.05) is 6.07 Å². The van der Waals surface area contributed by atoms with Crippen LogP contribution in [0.15, 0.2) is 18.2 Å². The summed E-state index contributed by atoms with van der Waals surface area (Å²) < 4.78 is 43.7. The number of nitrogens with one attached hydrogen (secondary N) is 2. The van der Waals surface area contributed by atoms with Crippen LogP contribution < -0.4 is 15.4 Å². The lowest BCUT2D eigenvalue weighted by Gasteiger charge is -2.23. The fourth-order valence-corrected chi connectivity index (χ4v) is 2.35. The molecule has 0 spiro atoms. The van der Waals surface area contributed by atoms with E-state index in [9.17, 15) is 13.2 Å². The summed E-state index contributed by atoms with van der Waals surface area (Å²) in [6, 6.07) is 4.85. The van der Waals surface area contributed by atoms with E-state index in [1.54, 1.807) is 18.2 Å². The molecule has 1 aliphatic rings. The van der Waals surface area contributed by atoms with E-state index in [4.69, 9.17) is 28.6 Å². The quantitative estimate of drug-likeness (QED) is 0.809. The zero-order valence-corrected chi connectivity index (χ0v) is 12.8. The molecule has 0 heterocycles. The molecule has 0 aliphatic heterocycles. The molecule has 1 aliphatic carbocycles. The van der Waals surface area contributed by atoms with Crippen molar-refractivity contribution < 1.29 is 17.9 Å². The monoisotopic (exact) mass is 338 g/mol. The van der Waals surface area contributed by atoms with Crippen molar-refractivity contribution in [2.45, 2.75) is 31.5 Å². The normalized spacial score (nSPS) is 16.2. The molecule has 0 aromatic heterocycles. The van der Waals surface area contributed by atoms with Gasteiger partial charge in [-0.15, -0.1) is 0 Å². The molecule has 2 N–H and O–H groups in total. The Morgan fingerprint density at radius 1 is 1.43 bits per heavy atom. The largest absolute Gasteiger partial charge is 0.494 e. The Morgan fingerprint density at radius 2 is 2.10 bits per heavy atom. The Hall–Kier alpha value is -1.21. The fraction of sp³-hybridized carbons (Fsp3) is 0.462. The van der Waals surface area contributed by atoms with E-state index in [2.05, 4.69) is 10.6 Å². The van der Waals surface area contributed by atoms with E-state index in [1.807, 2.05) is 6.92 Å². The van der Waals surface area contributed by atoms with Gasteiger partial charge >= 0.3 is 6.18 Å². The molecular weight excluding hydrogens is 325 g/mol. The second kappa shape index (κ2) is 5.88. The van der Waals surface area contributed by atoms with Crippen molar-refractivity contribution in [2.24, 2.45) is 0 Å². The van der Waals surface area contributed by atoms with Crippen LogP contribution in [0.25, 0.3) is 0 Å². The molecule has 8 heteroatoms. The highest BCUT2D eigenvalue weighted by atomic mass is 35.5. The van der Waals surface area contributed by atoms with Gasteiger partial charge in [0.15, 0.2) is 5.11 Å². The Bertz CT molecular complexity index is 547. The van der Waals surface area contributed by atoms with Crippen LogP contribution in [-0.4, -0.2) is 23.4 Å². The fourth-order valence-electron chi connectivity index (χ4n) is 1.83. The van der Waals surface area contributed by atoms with Crippen LogP contribution in [0.5, 0.6) is 5.75 Å². The minimum Gasteiger partial charge on any atom is -0.494 e. The van der Waals surface area contributed by atoms with Gasteiger partial charge in [0.2, 0.25) is 0 Å². The molecule has 0 atom stereocenters. The third-order valence-electron chi connectivity index (χ3n) is 3.15. The first kappa shape index (κ1) is 16.2. The Labute approximate surface area is 130 Å². The van der Waals surface area contributed by atoms with Crippen LogP contribution in [0.3, 0.4) is 0 Å². The Balaban J connectivity index is 2.00. The highest BCUT2D eigenvalue weighted by molar-refractivity contribution is 7.80. The van der Waals surface area contributed by atoms with E-state index in [0.29, 0.717) is 23.1 Å². The average molecular weight is 339 g/mol. The maximum absolute atomic E-state index is 12.8. The molecule has 21 heavy (non-hydrogen) atoms. The van der Waals surface area contributed by atoms with Gasteiger partial charge in [-0.25, -0.2) is 0 Å². The number of anilines is 1. The molecular formula is C13H14ClF3N2OS. The molecule has 1 aromatic rings. The minimum absolute atomic E-state index is 0.0231. The molecule has 1 saturated carbocycles. The maximum atomic E-state index is 12.8. The summed E-state index contributed by atoms with van der Waals surface area (Å²) >= 11 is 11.0. The zero-order chi connectivity index (χ0) is 15.7. The van der Waals surface area contributed by atoms with Gasteiger partial charge in [-0.05, 0) is 44.1 Å². The summed E-state index contributed by atoms with van der Waals surface area (Å²) in [7, 11) is 0. The molecule has 0 radical (unpaired) electrons. The van der Waals surface area contributed by atoms with Gasteiger partial charge in [0.1, 0.15) is 11.3 Å². The first-order valence-electron chi connectivity index (χ1n) is 6.36. The van der Waals surface area contributed by atoms with Crippen LogP contribution in [0, 0.1) is 0 Å². The van der Waals surface area contributed by atoms with Gasteiger partial charge in [0.05, 0.1) is 17.3 Å². The molecule has 3 nitrogen and oxygen atoms in total. The van der Waals surface area contributed by atoms with Crippen molar-refractivity contribution in [3.05, 3.63) is 23.2 Å². The molecule has 0 bridgehead atoms. The lowest BCUT2D eigenvalue weighted by molar-refractivity contribution is -0.161. The lowest BCUT2D eigenvalue weighted by Crippen LogP contribution is -2.49. The van der Waals surface area contributed by atoms with Crippen LogP contribution in [0.4, 0.5) is 18.9 Å². The number of ether oxygens (including phenoxy) is 1. The smallest absolute Gasteiger partial charge is 0.411 e. The molecule has 0 saturated heterocycles. The van der Waals surface area contributed by atoms with Gasteiger partial charge in [0.25, 0.3) is 0 Å². The summed E-state index contributed by atoms with van der Waals surface area (Å²) in [5, 5.41) is 5.23. The average Bonchev–Trinajstić information content (AvgIpc) is 3.13. The second-order valence-corrected chi connectivity index (χ2v) is 5.55. The number of rotatable bonds is 4. The molecule has 0 unspecified atom stereocenters. The number of hydrogen-bond acceptors (Lipinski definition) is 2. The van der Waals surface area contributed by atoms with Crippen molar-refractivity contribution >= 4 is 34.6 Å². The zero-order valence-electron chi connectivity index (χ0n) is 11.2. The second-order valence-electron chi connectivity index (χ2n) is 4.73. The van der Waals surface area contributed by atoms with Crippen molar-refractivity contribution in [1.82, 2.24) is 5.32 Å². The predicted molar refractivity (Wildman–Crippen MR) is 80.0 cm³/mol. The van der Waals surface area contributed by atoms with Crippen LogP contribution in [0.1, 0.15) is 19.8 Å². The summed E-state index contributed by atoms with van der Waals surface area (Å²) in [6.45, 7) is 2.34. The van der Waals surface area contributed by atoms with Gasteiger partial charge in [-0.1, -0.05) is 11.6 Å². The lowest BCUT2D eigenvalue weighted by atomic mass is 10.2. The van der Waals surface area contributed by atoms with Crippen LogP contribution >= 0.6 is 23.8 Å². The summed E-state index contributed by atoms with van der Waals surface area (Å²) in [5.74, 6) is 0.584. The van der Waals surface area contributed by atoms with Gasteiger partial charge in [-0.2, -0.15) is 13.2 Å². The summed E-state index contributed by atoms with van der Waals surface area (Å²) in [6.07, 6.45) is -4.27. The number of benzene rings is 1. The van der Waals surface area contributed by atoms with E-state index in [0.717, 1.165) is 0 Å². The van der Waals surface area contributed by atoms with E-state index >= 15 is 0 Å². The minimum atomic E-state index is -4.32. The Morgan fingerprint density at radius 3 is 2.57 bits per heavy atom. The highest BCUT2D eigenvalue weighted by Gasteiger charge is 2.63. The van der Waals surface area contributed by atoms with Crippen LogP contribution in [0.2, 0.25) is 5.02 Å². The third-order valence-corrected chi connectivity index (χ3v) is 3.66. The van der Waals surface area contributed by atoms with E-state index < -0.39 is 11.7 Å². The van der Waals surface area contributed by atoms with Crippen molar-refractivity contribution in [3.8, 4) is 5.75 Å². The molecule has 2 rings (SSSR count). The van der Waals surface area contributed by atoms with Crippen molar-refractivity contribution in [3.63, 3.8) is 0 Å². The number of halogens is 4. The van der Waals surface area contributed by atoms with Gasteiger partial charge in [-0.3, -0.25) is 0 Å². The first-order valence-corrected chi connectivity index (χ1v) is 7.14. The highest BCUT2D eigenvalue weighted by Crippen LogP contribution is 2.48. The Kier molecular flexibility index (Phi) is 4.53. The summed E-state index contributed by atoms with van der Waals surface area (Å²) in [4.78, 5) is 0. The van der Waals surface area contributed by atoms with E-state index in [-0.39, 0.29) is 18.0 Å². The SMILES string of the molecule is CCOc1ccc(NC(=S)NC2(C(F)(F)F)CC2)c(Cl)c1. The predicted octanol–water partition coefficient (Wildman–Crippen LogP) is 4.12. The molecule has 1 aromatic carbocycles. The number of alkyl halides is 3. The first-order chi connectivity index (χ1) is 9.77. The van der Waals surface area contributed by atoms with Gasteiger partial charge < -0.3 is 15.4 Å². The molecule has 1 fully saturated rings. The molecule has 116 valence electrons. The van der Waals surface area contributed by atoms with E-state index in [1.165, 1.54) is 0 Å². The van der Waals surface area contributed by atoms with Crippen LogP contribution in [-0.2, 0) is 0 Å².